The highest BCUT2D eigenvalue weighted by Gasteiger charge is 2.36. The minimum atomic E-state index is -1.06. The van der Waals surface area contributed by atoms with Gasteiger partial charge >= 0.3 is 12.1 Å². The molecule has 1 amide bonds. The molecule has 0 spiro atoms. The quantitative estimate of drug-likeness (QED) is 0.373. The Bertz CT molecular complexity index is 1390. The molecule has 0 aliphatic heterocycles. The molecule has 1 atom stereocenters. The van der Waals surface area contributed by atoms with E-state index in [1.165, 1.54) is 4.90 Å². The molecule has 1 aliphatic carbocycles. The lowest BCUT2D eigenvalue weighted by atomic mass is 10.00. The number of carboxylic acid groups (broad SMARTS) is 2. The van der Waals surface area contributed by atoms with Crippen LogP contribution in [-0.4, -0.2) is 27.4 Å². The zero-order valence-electron chi connectivity index (χ0n) is 18.4. The third kappa shape index (κ3) is 3.71. The van der Waals surface area contributed by atoms with Crippen LogP contribution in [0, 0.1) is 6.92 Å². The van der Waals surface area contributed by atoms with Gasteiger partial charge in [-0.3, -0.25) is 4.90 Å². The summed E-state index contributed by atoms with van der Waals surface area (Å²) in [4.78, 5) is 25.1. The van der Waals surface area contributed by atoms with Gasteiger partial charge in [0.1, 0.15) is 11.4 Å². The zero-order valence-corrected chi connectivity index (χ0v) is 18.4. The second-order valence-electron chi connectivity index (χ2n) is 8.31. The van der Waals surface area contributed by atoms with E-state index in [2.05, 4.69) is 5.16 Å². The van der Waals surface area contributed by atoms with Gasteiger partial charge in [-0.25, -0.2) is 9.59 Å². The zero-order chi connectivity index (χ0) is 23.8. The predicted octanol–water partition coefficient (Wildman–Crippen LogP) is 6.19. The van der Waals surface area contributed by atoms with Crippen LogP contribution in [0.1, 0.15) is 39.7 Å². The minimum absolute atomic E-state index is 0.213. The Morgan fingerprint density at radius 1 is 0.941 bits per heavy atom. The van der Waals surface area contributed by atoms with E-state index in [0.29, 0.717) is 29.1 Å². The molecule has 2 N–H and O–H groups in total. The number of amides is 1. The van der Waals surface area contributed by atoms with Crippen LogP contribution in [0.2, 0.25) is 0 Å². The van der Waals surface area contributed by atoms with Crippen LogP contribution in [0.5, 0.6) is 0 Å². The molecule has 3 aromatic carbocycles. The first-order chi connectivity index (χ1) is 16.4. The van der Waals surface area contributed by atoms with Crippen LogP contribution in [0.4, 0.5) is 10.5 Å². The van der Waals surface area contributed by atoms with Gasteiger partial charge in [-0.05, 0) is 54.2 Å². The van der Waals surface area contributed by atoms with Crippen LogP contribution in [0.3, 0.4) is 0 Å². The number of nitrogens with zero attached hydrogens (tertiary/aromatic N) is 2. The van der Waals surface area contributed by atoms with Crippen LogP contribution < -0.4 is 4.90 Å². The lowest BCUT2D eigenvalue weighted by molar-refractivity contribution is 0.0697. The predicted molar refractivity (Wildman–Crippen MR) is 127 cm³/mol. The van der Waals surface area contributed by atoms with Gasteiger partial charge in [-0.15, -0.1) is 0 Å². The van der Waals surface area contributed by atoms with Gasteiger partial charge in [0.25, 0.3) is 0 Å². The molecule has 1 aliphatic rings. The summed E-state index contributed by atoms with van der Waals surface area (Å²) in [6, 6.07) is 21.7. The molecule has 1 heterocycles. The Kier molecular flexibility index (Phi) is 5.37. The third-order valence-corrected chi connectivity index (χ3v) is 6.29. The summed E-state index contributed by atoms with van der Waals surface area (Å²) in [7, 11) is 0. The molecule has 0 bridgehead atoms. The average molecular weight is 454 g/mol. The smallest absolute Gasteiger partial charge is 0.412 e. The molecule has 1 unspecified atom stereocenters. The summed E-state index contributed by atoms with van der Waals surface area (Å²) in [5.41, 5.74) is 5.59. The maximum Gasteiger partial charge on any atom is 0.412 e. The third-order valence-electron chi connectivity index (χ3n) is 6.29. The van der Waals surface area contributed by atoms with Gasteiger partial charge in [0, 0.05) is 5.56 Å². The van der Waals surface area contributed by atoms with Crippen molar-refractivity contribution in [2.75, 3.05) is 4.90 Å². The topological polar surface area (TPSA) is 104 Å². The molecule has 34 heavy (non-hydrogen) atoms. The van der Waals surface area contributed by atoms with Crippen LogP contribution >= 0.6 is 0 Å². The highest BCUT2D eigenvalue weighted by Crippen LogP contribution is 2.43. The van der Waals surface area contributed by atoms with Gasteiger partial charge in [0.2, 0.25) is 0 Å². The van der Waals surface area contributed by atoms with Gasteiger partial charge in [0.05, 0.1) is 11.6 Å². The molecule has 7 heteroatoms. The Morgan fingerprint density at radius 2 is 1.68 bits per heavy atom. The number of carboxylic acids is 1. The molecule has 0 radical (unpaired) electrons. The Morgan fingerprint density at radius 3 is 2.41 bits per heavy atom. The monoisotopic (exact) mass is 454 g/mol. The second kappa shape index (κ2) is 8.51. The first-order valence-corrected chi connectivity index (χ1v) is 10.9. The van der Waals surface area contributed by atoms with E-state index in [1.807, 2.05) is 54.6 Å². The van der Waals surface area contributed by atoms with E-state index >= 15 is 0 Å². The van der Waals surface area contributed by atoms with Gasteiger partial charge in [-0.1, -0.05) is 65.8 Å². The van der Waals surface area contributed by atoms with E-state index in [1.54, 1.807) is 25.1 Å². The maximum atomic E-state index is 12.5. The number of carbonyl (C=O) groups is 2. The number of rotatable bonds is 5. The molecule has 0 saturated carbocycles. The molecule has 170 valence electrons. The van der Waals surface area contributed by atoms with Crippen molar-refractivity contribution in [2.45, 2.75) is 25.8 Å². The van der Waals surface area contributed by atoms with Gasteiger partial charge < -0.3 is 14.7 Å². The first kappa shape index (κ1) is 21.5. The van der Waals surface area contributed by atoms with Crippen molar-refractivity contribution in [1.82, 2.24) is 5.16 Å². The number of aryl methyl sites for hydroxylation is 2. The highest BCUT2D eigenvalue weighted by molar-refractivity contribution is 5.94. The Labute approximate surface area is 195 Å². The van der Waals surface area contributed by atoms with E-state index in [-0.39, 0.29) is 11.6 Å². The summed E-state index contributed by atoms with van der Waals surface area (Å²) < 4.78 is 5.47. The Hall–Kier alpha value is -4.39. The van der Waals surface area contributed by atoms with Crippen molar-refractivity contribution < 1.29 is 24.3 Å². The van der Waals surface area contributed by atoms with Crippen LogP contribution in [0.25, 0.3) is 22.4 Å². The lowest BCUT2D eigenvalue weighted by Gasteiger charge is -2.27. The average Bonchev–Trinajstić information content (AvgIpc) is 3.44. The fraction of sp³-hybridized carbons (Fsp3) is 0.148. The summed E-state index contributed by atoms with van der Waals surface area (Å²) in [5, 5.41) is 23.7. The fourth-order valence-electron chi connectivity index (χ4n) is 4.68. The lowest BCUT2D eigenvalue weighted by Crippen LogP contribution is -2.33. The Balaban J connectivity index is 1.53. The van der Waals surface area contributed by atoms with E-state index in [4.69, 9.17) is 4.52 Å². The number of anilines is 1. The summed E-state index contributed by atoms with van der Waals surface area (Å²) >= 11 is 0. The molecule has 4 aromatic rings. The number of aromatic carboxylic acids is 1. The van der Waals surface area contributed by atoms with Gasteiger partial charge in [-0.2, -0.15) is 0 Å². The molecular weight excluding hydrogens is 432 g/mol. The molecule has 7 nitrogen and oxygen atoms in total. The fourth-order valence-corrected chi connectivity index (χ4v) is 4.68. The number of fused-ring (bicyclic) bond motifs is 1. The standard InChI is InChI=1S/C27H22N2O5/c1-16-25(29(27(32)33)23-14-13-18-5-2-3-8-22(18)23)24(28-34-16)19-11-9-17(10-12-19)20-6-4-7-21(15-20)26(30)31/h2-12,15,23H,13-14H2,1H3,(H,30,31)(H,32,33). The van der Waals surface area contributed by atoms with E-state index in [9.17, 15) is 19.8 Å². The SMILES string of the molecule is Cc1onc(-c2ccc(-c3cccc(C(=O)O)c3)cc2)c1N(C(=O)O)C1CCc2ccccc21. The highest BCUT2D eigenvalue weighted by atomic mass is 16.5. The first-order valence-electron chi connectivity index (χ1n) is 10.9. The van der Waals surface area contributed by atoms with Crippen molar-refractivity contribution in [3.05, 3.63) is 95.2 Å². The molecule has 0 saturated heterocycles. The van der Waals surface area contributed by atoms with Crippen LogP contribution in [0.15, 0.2) is 77.3 Å². The number of hydrogen-bond donors (Lipinski definition) is 2. The summed E-state index contributed by atoms with van der Waals surface area (Å²) in [5.74, 6) is -0.552. The van der Waals surface area contributed by atoms with Crippen molar-refractivity contribution in [3.63, 3.8) is 0 Å². The minimum Gasteiger partial charge on any atom is -0.478 e. The summed E-state index contributed by atoms with van der Waals surface area (Å²) in [6.45, 7) is 1.72. The van der Waals surface area contributed by atoms with Gasteiger partial charge in [0.15, 0.2) is 5.76 Å². The maximum absolute atomic E-state index is 12.5. The normalized spacial score (nSPS) is 14.6. The van der Waals surface area contributed by atoms with Crippen molar-refractivity contribution in [2.24, 2.45) is 0 Å². The molecular formula is C27H22N2O5. The largest absolute Gasteiger partial charge is 0.478 e. The second-order valence-corrected chi connectivity index (χ2v) is 8.31. The van der Waals surface area contributed by atoms with Crippen LogP contribution in [-0.2, 0) is 6.42 Å². The molecule has 0 fully saturated rings. The van der Waals surface area contributed by atoms with Crippen molar-refractivity contribution in [3.8, 4) is 22.4 Å². The number of benzene rings is 3. The van der Waals surface area contributed by atoms with E-state index in [0.717, 1.165) is 28.7 Å². The van der Waals surface area contributed by atoms with Crippen molar-refractivity contribution >= 4 is 17.7 Å². The van der Waals surface area contributed by atoms with E-state index < -0.39 is 12.1 Å². The number of aromatic nitrogens is 1. The molecule has 1 aromatic heterocycles. The number of hydrogen-bond acceptors (Lipinski definition) is 4. The summed E-state index contributed by atoms with van der Waals surface area (Å²) in [6.07, 6.45) is 0.444. The van der Waals surface area contributed by atoms with Crippen molar-refractivity contribution in [1.29, 1.82) is 0 Å². The molecule has 5 rings (SSSR count).